The summed E-state index contributed by atoms with van der Waals surface area (Å²) in [5, 5.41) is 2.87. The standard InChI is InChI=1S/C17H24N4O4/c1-24-15-4-2-14(3-5-15)18-16(22)19-6-8-20(9-7-19)17(23)21-10-12-25-13-11-21/h2-5H,6-13H2,1H3,(H,18,22). The number of nitrogens with one attached hydrogen (secondary N) is 1. The molecule has 3 rings (SSSR count). The lowest BCUT2D eigenvalue weighted by atomic mass is 10.3. The molecule has 2 aliphatic heterocycles. The molecule has 2 saturated heterocycles. The molecule has 25 heavy (non-hydrogen) atoms. The molecule has 1 aromatic carbocycles. The van der Waals surface area contributed by atoms with Gasteiger partial charge in [-0.15, -0.1) is 0 Å². The van der Waals surface area contributed by atoms with Crippen molar-refractivity contribution in [2.75, 3.05) is 64.9 Å². The monoisotopic (exact) mass is 348 g/mol. The number of anilines is 1. The Hall–Kier alpha value is -2.48. The van der Waals surface area contributed by atoms with E-state index in [4.69, 9.17) is 9.47 Å². The van der Waals surface area contributed by atoms with Crippen LogP contribution in [0.5, 0.6) is 5.75 Å². The van der Waals surface area contributed by atoms with Crippen molar-refractivity contribution >= 4 is 17.7 Å². The van der Waals surface area contributed by atoms with Crippen molar-refractivity contribution in [3.05, 3.63) is 24.3 Å². The Morgan fingerprint density at radius 1 is 0.920 bits per heavy atom. The lowest BCUT2D eigenvalue weighted by Gasteiger charge is -2.38. The molecule has 0 radical (unpaired) electrons. The first-order valence-corrected chi connectivity index (χ1v) is 8.49. The maximum absolute atomic E-state index is 12.4. The van der Waals surface area contributed by atoms with Crippen molar-refractivity contribution in [2.24, 2.45) is 0 Å². The van der Waals surface area contributed by atoms with E-state index in [0.717, 1.165) is 11.4 Å². The van der Waals surface area contributed by atoms with Gasteiger partial charge in [0.05, 0.1) is 20.3 Å². The fourth-order valence-electron chi connectivity index (χ4n) is 2.93. The molecule has 0 unspecified atom stereocenters. The molecule has 0 aliphatic carbocycles. The number of nitrogens with zero attached hydrogens (tertiary/aromatic N) is 3. The van der Waals surface area contributed by atoms with E-state index < -0.39 is 0 Å². The van der Waals surface area contributed by atoms with E-state index >= 15 is 0 Å². The van der Waals surface area contributed by atoms with Gasteiger partial charge in [-0.25, -0.2) is 9.59 Å². The van der Waals surface area contributed by atoms with Crippen LogP contribution >= 0.6 is 0 Å². The van der Waals surface area contributed by atoms with Crippen LogP contribution in [0.2, 0.25) is 0 Å². The zero-order valence-corrected chi connectivity index (χ0v) is 14.4. The van der Waals surface area contributed by atoms with Gasteiger partial charge in [-0.1, -0.05) is 0 Å². The first kappa shape index (κ1) is 17.3. The second-order valence-corrected chi connectivity index (χ2v) is 6.01. The van der Waals surface area contributed by atoms with Gasteiger partial charge in [0.15, 0.2) is 0 Å². The summed E-state index contributed by atoms with van der Waals surface area (Å²) < 4.78 is 10.4. The maximum atomic E-state index is 12.4. The van der Waals surface area contributed by atoms with Crippen LogP contribution in [-0.4, -0.2) is 86.4 Å². The van der Waals surface area contributed by atoms with Crippen LogP contribution in [0.3, 0.4) is 0 Å². The van der Waals surface area contributed by atoms with Gasteiger partial charge in [0.1, 0.15) is 5.75 Å². The highest BCUT2D eigenvalue weighted by atomic mass is 16.5. The highest BCUT2D eigenvalue weighted by molar-refractivity contribution is 5.89. The summed E-state index contributed by atoms with van der Waals surface area (Å²) in [6.45, 7) is 4.61. The SMILES string of the molecule is COc1ccc(NC(=O)N2CCN(C(=O)N3CCOCC3)CC2)cc1. The number of hydrogen-bond donors (Lipinski definition) is 1. The van der Waals surface area contributed by atoms with Crippen molar-refractivity contribution in [1.82, 2.24) is 14.7 Å². The summed E-state index contributed by atoms with van der Waals surface area (Å²) in [5.41, 5.74) is 0.720. The third kappa shape index (κ3) is 4.33. The summed E-state index contributed by atoms with van der Waals surface area (Å²) >= 11 is 0. The van der Waals surface area contributed by atoms with Gasteiger partial charge in [-0.3, -0.25) is 0 Å². The molecule has 1 aromatic rings. The molecule has 8 heteroatoms. The van der Waals surface area contributed by atoms with Crippen LogP contribution in [-0.2, 0) is 4.74 Å². The first-order chi connectivity index (χ1) is 12.2. The molecule has 136 valence electrons. The Morgan fingerprint density at radius 3 is 2.08 bits per heavy atom. The molecule has 0 atom stereocenters. The van der Waals surface area contributed by atoms with E-state index in [1.165, 1.54) is 0 Å². The molecule has 0 aromatic heterocycles. The summed E-state index contributed by atoms with van der Waals surface area (Å²) in [6.07, 6.45) is 0. The summed E-state index contributed by atoms with van der Waals surface area (Å²) in [6, 6.07) is 7.09. The molecule has 1 N–H and O–H groups in total. The van der Waals surface area contributed by atoms with Crippen LogP contribution in [0.4, 0.5) is 15.3 Å². The Morgan fingerprint density at radius 2 is 1.48 bits per heavy atom. The van der Waals surface area contributed by atoms with Gasteiger partial charge in [-0.2, -0.15) is 0 Å². The van der Waals surface area contributed by atoms with E-state index in [-0.39, 0.29) is 12.1 Å². The zero-order valence-electron chi connectivity index (χ0n) is 14.4. The highest BCUT2D eigenvalue weighted by Crippen LogP contribution is 2.16. The van der Waals surface area contributed by atoms with Crippen LogP contribution < -0.4 is 10.1 Å². The summed E-state index contributed by atoms with van der Waals surface area (Å²) in [4.78, 5) is 30.2. The number of benzene rings is 1. The van der Waals surface area contributed by atoms with E-state index in [9.17, 15) is 9.59 Å². The number of hydrogen-bond acceptors (Lipinski definition) is 4. The van der Waals surface area contributed by atoms with Gasteiger partial charge in [0.25, 0.3) is 0 Å². The Kier molecular flexibility index (Phi) is 5.60. The molecule has 0 saturated carbocycles. The second kappa shape index (κ2) is 8.06. The van der Waals surface area contributed by atoms with Crippen molar-refractivity contribution in [2.45, 2.75) is 0 Å². The van der Waals surface area contributed by atoms with E-state index in [1.807, 2.05) is 9.80 Å². The fraction of sp³-hybridized carbons (Fsp3) is 0.529. The molecule has 8 nitrogen and oxygen atoms in total. The molecule has 0 bridgehead atoms. The molecule has 0 spiro atoms. The summed E-state index contributed by atoms with van der Waals surface area (Å²) in [5.74, 6) is 0.744. The number of methoxy groups -OCH3 is 1. The molecule has 2 heterocycles. The van der Waals surface area contributed by atoms with E-state index in [1.54, 1.807) is 36.3 Å². The first-order valence-electron chi connectivity index (χ1n) is 8.49. The number of carbonyl (C=O) groups excluding carboxylic acids is 2. The number of carbonyl (C=O) groups is 2. The minimum atomic E-state index is -0.149. The molecule has 4 amide bonds. The Labute approximate surface area is 147 Å². The third-order valence-corrected chi connectivity index (χ3v) is 4.46. The molecule has 2 aliphatic rings. The van der Waals surface area contributed by atoms with Crippen molar-refractivity contribution in [1.29, 1.82) is 0 Å². The average molecular weight is 348 g/mol. The second-order valence-electron chi connectivity index (χ2n) is 6.01. The number of urea groups is 2. The average Bonchev–Trinajstić information content (AvgIpc) is 2.69. The smallest absolute Gasteiger partial charge is 0.321 e. The van der Waals surface area contributed by atoms with Crippen LogP contribution in [0, 0.1) is 0 Å². The van der Waals surface area contributed by atoms with E-state index in [2.05, 4.69) is 5.32 Å². The fourth-order valence-corrected chi connectivity index (χ4v) is 2.93. The maximum Gasteiger partial charge on any atom is 0.321 e. The van der Waals surface area contributed by atoms with Crippen LogP contribution in [0.1, 0.15) is 0 Å². The highest BCUT2D eigenvalue weighted by Gasteiger charge is 2.28. The van der Waals surface area contributed by atoms with Crippen molar-refractivity contribution < 1.29 is 19.1 Å². The quantitative estimate of drug-likeness (QED) is 0.874. The number of amides is 4. The minimum Gasteiger partial charge on any atom is -0.497 e. The molecule has 2 fully saturated rings. The van der Waals surface area contributed by atoms with Crippen molar-refractivity contribution in [3.63, 3.8) is 0 Å². The van der Waals surface area contributed by atoms with Crippen LogP contribution in [0.25, 0.3) is 0 Å². The van der Waals surface area contributed by atoms with E-state index in [0.29, 0.717) is 52.5 Å². The van der Waals surface area contributed by atoms with Crippen molar-refractivity contribution in [3.8, 4) is 5.75 Å². The number of ether oxygens (including phenoxy) is 2. The van der Waals surface area contributed by atoms with Gasteiger partial charge >= 0.3 is 12.1 Å². The topological polar surface area (TPSA) is 74.4 Å². The van der Waals surface area contributed by atoms with Gasteiger partial charge in [0, 0.05) is 45.0 Å². The Bertz CT molecular complexity index is 593. The van der Waals surface area contributed by atoms with Gasteiger partial charge in [0.2, 0.25) is 0 Å². The van der Waals surface area contributed by atoms with Gasteiger partial charge < -0.3 is 29.5 Å². The number of morpholine rings is 1. The lowest BCUT2D eigenvalue weighted by molar-refractivity contribution is 0.0394. The largest absolute Gasteiger partial charge is 0.497 e. The van der Waals surface area contributed by atoms with Gasteiger partial charge in [-0.05, 0) is 24.3 Å². The predicted octanol–water partition coefficient (Wildman–Crippen LogP) is 1.30. The zero-order chi connectivity index (χ0) is 17.6. The number of piperazine rings is 1. The molecular weight excluding hydrogens is 324 g/mol. The number of rotatable bonds is 2. The predicted molar refractivity (Wildman–Crippen MR) is 92.9 cm³/mol. The minimum absolute atomic E-state index is 0.0403. The molecular formula is C17H24N4O4. The summed E-state index contributed by atoms with van der Waals surface area (Å²) in [7, 11) is 1.60. The lowest BCUT2D eigenvalue weighted by Crippen LogP contribution is -2.56. The third-order valence-electron chi connectivity index (χ3n) is 4.46. The normalized spacial score (nSPS) is 18.0. The van der Waals surface area contributed by atoms with Crippen LogP contribution in [0.15, 0.2) is 24.3 Å². The Balaban J connectivity index is 1.47.